The minimum atomic E-state index is -0.493. The SMILES string of the molecule is C[C@H](Oc1cc(N2CCNC3(CC3)C2)nc(-c2cc([C@@]3(C)CCCc4sc(N)c(C#N)c43)on2)n1)[C@@H]1CCCN1C. The second-order valence-corrected chi connectivity index (χ2v) is 13.7. The number of piperazine rings is 1. The first-order valence-corrected chi connectivity index (χ1v) is 15.7. The van der Waals surface area contributed by atoms with E-state index in [-0.39, 0.29) is 11.6 Å². The predicted octanol–water partition coefficient (Wildman–Crippen LogP) is 4.09. The Morgan fingerprint density at radius 1 is 1.24 bits per heavy atom. The molecule has 0 unspecified atom stereocenters. The molecule has 0 amide bonds. The molecule has 0 aromatic carbocycles. The van der Waals surface area contributed by atoms with Crippen LogP contribution in [-0.2, 0) is 11.8 Å². The first kappa shape index (κ1) is 26.7. The number of nitrogens with two attached hydrogens (primary N) is 1. The first-order chi connectivity index (χ1) is 19.8. The number of nitrogens with zero attached hydrogens (tertiary/aromatic N) is 6. The molecule has 1 saturated carbocycles. The first-order valence-electron chi connectivity index (χ1n) is 14.8. The summed E-state index contributed by atoms with van der Waals surface area (Å²) in [5.74, 6) is 2.62. The van der Waals surface area contributed by atoms with Gasteiger partial charge in [0.2, 0.25) is 5.88 Å². The van der Waals surface area contributed by atoms with Crippen molar-refractivity contribution in [2.24, 2.45) is 0 Å². The highest BCUT2D eigenvalue weighted by atomic mass is 32.1. The lowest BCUT2D eigenvalue weighted by Crippen LogP contribution is -2.52. The summed E-state index contributed by atoms with van der Waals surface area (Å²) >= 11 is 1.52. The molecule has 0 bridgehead atoms. The van der Waals surface area contributed by atoms with E-state index in [1.165, 1.54) is 35.5 Å². The second kappa shape index (κ2) is 9.96. The van der Waals surface area contributed by atoms with Crippen molar-refractivity contribution in [3.8, 4) is 23.5 Å². The van der Waals surface area contributed by atoms with Gasteiger partial charge >= 0.3 is 0 Å². The molecule has 3 atom stereocenters. The van der Waals surface area contributed by atoms with Crippen LogP contribution in [0.4, 0.5) is 10.8 Å². The normalized spacial score (nSPS) is 26.1. The number of fused-ring (bicyclic) bond motifs is 1. The van der Waals surface area contributed by atoms with Gasteiger partial charge in [0, 0.05) is 48.2 Å². The molecule has 7 rings (SSSR count). The van der Waals surface area contributed by atoms with E-state index >= 15 is 0 Å². The predicted molar refractivity (Wildman–Crippen MR) is 158 cm³/mol. The summed E-state index contributed by atoms with van der Waals surface area (Å²) in [5.41, 5.74) is 8.09. The maximum atomic E-state index is 9.90. The molecule has 3 aromatic rings. The number of thiophene rings is 1. The Morgan fingerprint density at radius 3 is 2.85 bits per heavy atom. The third kappa shape index (κ3) is 4.66. The van der Waals surface area contributed by atoms with Crippen molar-refractivity contribution >= 4 is 22.2 Å². The van der Waals surface area contributed by atoms with E-state index in [0.29, 0.717) is 39.8 Å². The van der Waals surface area contributed by atoms with Crippen LogP contribution in [0.1, 0.15) is 74.1 Å². The molecule has 3 aromatic heterocycles. The zero-order valence-corrected chi connectivity index (χ0v) is 24.9. The van der Waals surface area contributed by atoms with Gasteiger partial charge in [0.05, 0.1) is 11.0 Å². The number of ether oxygens (including phenoxy) is 1. The molecule has 216 valence electrons. The smallest absolute Gasteiger partial charge is 0.219 e. The number of aromatic nitrogens is 3. The topological polar surface area (TPSA) is 129 Å². The molecule has 0 radical (unpaired) electrons. The number of nitriles is 1. The fourth-order valence-corrected chi connectivity index (χ4v) is 8.36. The Kier molecular flexibility index (Phi) is 6.48. The van der Waals surface area contributed by atoms with Gasteiger partial charge in [-0.3, -0.25) is 4.90 Å². The molecule has 41 heavy (non-hydrogen) atoms. The minimum absolute atomic E-state index is 0.00297. The molecule has 2 saturated heterocycles. The average Bonchev–Trinajstić information content (AvgIpc) is 3.32. The highest BCUT2D eigenvalue weighted by Gasteiger charge is 2.46. The number of nitrogens with one attached hydrogen (secondary N) is 1. The van der Waals surface area contributed by atoms with E-state index in [2.05, 4.69) is 47.2 Å². The third-order valence-corrected chi connectivity index (χ3v) is 10.8. The number of rotatable bonds is 6. The van der Waals surface area contributed by atoms with Crippen LogP contribution in [0.25, 0.3) is 11.5 Å². The third-order valence-electron chi connectivity index (χ3n) is 9.70. The quantitative estimate of drug-likeness (QED) is 0.444. The molecule has 10 nitrogen and oxygen atoms in total. The van der Waals surface area contributed by atoms with Gasteiger partial charge in [-0.25, -0.2) is 4.98 Å². The number of aryl methyl sites for hydroxylation is 1. The Labute approximate surface area is 244 Å². The highest BCUT2D eigenvalue weighted by molar-refractivity contribution is 7.16. The van der Waals surface area contributed by atoms with Crippen molar-refractivity contribution in [1.29, 1.82) is 5.26 Å². The van der Waals surface area contributed by atoms with Gasteiger partial charge in [-0.05, 0) is 77.9 Å². The summed E-state index contributed by atoms with van der Waals surface area (Å²) < 4.78 is 12.5. The lowest BCUT2D eigenvalue weighted by molar-refractivity contribution is 0.117. The van der Waals surface area contributed by atoms with Crippen LogP contribution in [0, 0.1) is 11.3 Å². The van der Waals surface area contributed by atoms with Gasteiger partial charge < -0.3 is 25.2 Å². The molecule has 11 heteroatoms. The second-order valence-electron chi connectivity index (χ2n) is 12.5. The van der Waals surface area contributed by atoms with E-state index in [4.69, 9.17) is 25.0 Å². The summed E-state index contributed by atoms with van der Waals surface area (Å²) in [5, 5.41) is 18.6. The maximum Gasteiger partial charge on any atom is 0.219 e. The molecule has 4 aliphatic rings. The summed E-state index contributed by atoms with van der Waals surface area (Å²) in [6, 6.07) is 6.63. The molecule has 5 heterocycles. The molecule has 1 spiro atoms. The van der Waals surface area contributed by atoms with Crippen molar-refractivity contribution in [2.45, 2.75) is 81.9 Å². The van der Waals surface area contributed by atoms with E-state index in [0.717, 1.165) is 63.2 Å². The van der Waals surface area contributed by atoms with Gasteiger partial charge in [0.15, 0.2) is 11.5 Å². The minimum Gasteiger partial charge on any atom is -0.473 e. The van der Waals surface area contributed by atoms with E-state index < -0.39 is 5.41 Å². The van der Waals surface area contributed by atoms with Crippen molar-refractivity contribution < 1.29 is 9.26 Å². The zero-order valence-electron chi connectivity index (χ0n) is 24.1. The molecular formula is C30H38N8O2S. The standard InChI is InChI=1S/C30H38N8O2S/c1-18(21-6-5-12-37(21)3)39-25-15-24(38-13-11-33-30(17-38)9-10-30)34-28(35-25)20-14-23(40-36-20)29(2)8-4-7-22-26(29)19(16-31)27(32)41-22/h14-15,18,21,33H,4-13,17,32H2,1-3H3/t18-,21-,29+/m0/s1. The monoisotopic (exact) mass is 574 g/mol. The van der Waals surface area contributed by atoms with Gasteiger partial charge in [0.25, 0.3) is 0 Å². The lowest BCUT2D eigenvalue weighted by Gasteiger charge is -2.35. The number of likely N-dealkylation sites (tertiary alicyclic amines) is 1. The van der Waals surface area contributed by atoms with Crippen LogP contribution in [0.5, 0.6) is 5.88 Å². The van der Waals surface area contributed by atoms with Crippen molar-refractivity contribution in [3.05, 3.63) is 33.9 Å². The number of anilines is 2. The lowest BCUT2D eigenvalue weighted by atomic mass is 9.71. The van der Waals surface area contributed by atoms with Crippen LogP contribution in [-0.4, -0.2) is 70.9 Å². The average molecular weight is 575 g/mol. The zero-order chi connectivity index (χ0) is 28.4. The maximum absolute atomic E-state index is 9.90. The Bertz CT molecular complexity index is 1510. The van der Waals surface area contributed by atoms with Crippen LogP contribution in [0.2, 0.25) is 0 Å². The summed E-state index contributed by atoms with van der Waals surface area (Å²) in [6.45, 7) is 8.08. The highest BCUT2D eigenvalue weighted by Crippen LogP contribution is 2.49. The van der Waals surface area contributed by atoms with Crippen molar-refractivity contribution in [3.63, 3.8) is 0 Å². The van der Waals surface area contributed by atoms with Crippen LogP contribution in [0.3, 0.4) is 0 Å². The summed E-state index contributed by atoms with van der Waals surface area (Å²) in [7, 11) is 2.16. The van der Waals surface area contributed by atoms with Crippen LogP contribution < -0.4 is 20.7 Å². The number of hydrogen-bond acceptors (Lipinski definition) is 11. The fourth-order valence-electron chi connectivity index (χ4n) is 7.17. The number of hydrogen-bond donors (Lipinski definition) is 2. The van der Waals surface area contributed by atoms with Crippen LogP contribution in [0.15, 0.2) is 16.7 Å². The molecule has 3 fully saturated rings. The van der Waals surface area contributed by atoms with Gasteiger partial charge in [-0.1, -0.05) is 5.16 Å². The number of likely N-dealkylation sites (N-methyl/N-ethyl adjacent to an activating group) is 1. The summed E-state index contributed by atoms with van der Waals surface area (Å²) in [4.78, 5) is 15.8. The largest absolute Gasteiger partial charge is 0.473 e. The van der Waals surface area contributed by atoms with Gasteiger partial charge in [-0.15, -0.1) is 11.3 Å². The van der Waals surface area contributed by atoms with Crippen molar-refractivity contribution in [2.75, 3.05) is 43.9 Å². The van der Waals surface area contributed by atoms with E-state index in [1.54, 1.807) is 0 Å². The summed E-state index contributed by atoms with van der Waals surface area (Å²) in [6.07, 6.45) is 7.46. The van der Waals surface area contributed by atoms with Crippen molar-refractivity contribution in [1.82, 2.24) is 25.3 Å². The molecule has 2 aliphatic heterocycles. The Hall–Kier alpha value is -3.20. The van der Waals surface area contributed by atoms with Crippen LogP contribution >= 0.6 is 11.3 Å². The molecule has 2 aliphatic carbocycles. The Balaban J connectivity index is 1.25. The molecule has 3 N–H and O–H groups in total. The number of nitrogen functional groups attached to an aromatic ring is 1. The van der Waals surface area contributed by atoms with E-state index in [1.807, 2.05) is 12.1 Å². The van der Waals surface area contributed by atoms with Gasteiger partial charge in [-0.2, -0.15) is 10.2 Å². The van der Waals surface area contributed by atoms with E-state index in [9.17, 15) is 5.26 Å². The fraction of sp³-hybridized carbons (Fsp3) is 0.600. The van der Waals surface area contributed by atoms with Gasteiger partial charge in [0.1, 0.15) is 28.8 Å². The molecular weight excluding hydrogens is 536 g/mol. The Morgan fingerprint density at radius 2 is 2.10 bits per heavy atom.